The van der Waals surface area contributed by atoms with Crippen molar-refractivity contribution < 1.29 is 9.13 Å². The highest BCUT2D eigenvalue weighted by atomic mass is 35.5. The van der Waals surface area contributed by atoms with Gasteiger partial charge in [0.2, 0.25) is 5.28 Å². The van der Waals surface area contributed by atoms with Crippen LogP contribution in [0, 0.1) is 17.1 Å². The van der Waals surface area contributed by atoms with Gasteiger partial charge in [-0.1, -0.05) is 11.6 Å². The molecule has 0 radical (unpaired) electrons. The van der Waals surface area contributed by atoms with Gasteiger partial charge in [-0.05, 0) is 18.0 Å². The van der Waals surface area contributed by atoms with Crippen molar-refractivity contribution in [2.45, 2.75) is 18.9 Å². The second kappa shape index (κ2) is 6.79. The number of ether oxygens (including phenoxy) is 1. The van der Waals surface area contributed by atoms with Crippen molar-refractivity contribution in [3.8, 4) is 6.07 Å². The molecule has 0 bridgehead atoms. The first kappa shape index (κ1) is 16.1. The first-order chi connectivity index (χ1) is 11.1. The monoisotopic (exact) mass is 355 g/mol. The average Bonchev–Trinajstić information content (AvgIpc) is 2.77. The first-order valence-corrected chi connectivity index (χ1v) is 7.76. The van der Waals surface area contributed by atoms with Crippen LogP contribution in [0.3, 0.4) is 0 Å². The van der Waals surface area contributed by atoms with E-state index in [9.17, 15) is 4.39 Å². The normalized spacial score (nSPS) is 18.7. The fourth-order valence-electron chi connectivity index (χ4n) is 2.55. The Hall–Kier alpha value is -1.75. The zero-order chi connectivity index (χ0) is 16.4. The van der Waals surface area contributed by atoms with Gasteiger partial charge in [-0.15, -0.1) is 0 Å². The third-order valence-corrected chi connectivity index (χ3v) is 4.00. The molecule has 0 saturated carbocycles. The quantitative estimate of drug-likeness (QED) is 0.608. The maximum Gasteiger partial charge on any atom is 0.225 e. The molecule has 3 rings (SSSR count). The largest absolute Gasteiger partial charge is 0.375 e. The molecule has 1 unspecified atom stereocenters. The Kier molecular flexibility index (Phi) is 4.76. The van der Waals surface area contributed by atoms with E-state index in [1.165, 1.54) is 6.20 Å². The fraction of sp³-hybridized carbons (Fsp3) is 0.429. The predicted molar refractivity (Wildman–Crippen MR) is 84.1 cm³/mol. The van der Waals surface area contributed by atoms with Gasteiger partial charge in [0.25, 0.3) is 0 Å². The molecular weight excluding hydrogens is 344 g/mol. The highest BCUT2D eigenvalue weighted by Crippen LogP contribution is 2.30. The predicted octanol–water partition coefficient (Wildman–Crippen LogP) is 2.98. The molecule has 1 aliphatic heterocycles. The number of hydrogen-bond acceptors (Lipinski definition) is 6. The van der Waals surface area contributed by atoms with Crippen LogP contribution in [0.4, 0.5) is 10.2 Å². The van der Waals surface area contributed by atoms with Crippen LogP contribution in [0.5, 0.6) is 0 Å². The van der Waals surface area contributed by atoms with E-state index in [4.69, 9.17) is 33.2 Å². The van der Waals surface area contributed by atoms with Gasteiger partial charge < -0.3 is 9.64 Å². The highest BCUT2D eigenvalue weighted by Gasteiger charge is 2.23. The van der Waals surface area contributed by atoms with Crippen molar-refractivity contribution in [3.05, 3.63) is 22.5 Å². The third kappa shape index (κ3) is 3.29. The summed E-state index contributed by atoms with van der Waals surface area (Å²) in [5.74, 6) is -0.258. The maximum atomic E-state index is 14.2. The van der Waals surface area contributed by atoms with Crippen LogP contribution in [0.1, 0.15) is 12.8 Å². The van der Waals surface area contributed by atoms with Gasteiger partial charge in [0, 0.05) is 25.9 Å². The number of nitrogens with zero attached hydrogens (tertiary/aromatic N) is 5. The van der Waals surface area contributed by atoms with Crippen molar-refractivity contribution in [1.29, 1.82) is 5.26 Å². The number of hydrogen-bond donors (Lipinski definition) is 0. The Balaban J connectivity index is 2.08. The molecular formula is C14H12Cl2FN5O. The van der Waals surface area contributed by atoms with E-state index in [-0.39, 0.29) is 28.5 Å². The van der Waals surface area contributed by atoms with E-state index in [1.54, 1.807) is 0 Å². The summed E-state index contributed by atoms with van der Waals surface area (Å²) in [5, 5.41) is 8.97. The topological polar surface area (TPSA) is 74.9 Å². The molecule has 0 aliphatic carbocycles. The number of rotatable bonds is 2. The summed E-state index contributed by atoms with van der Waals surface area (Å²) in [5.41, 5.74) is 0.0296. The number of aromatic nitrogens is 3. The van der Waals surface area contributed by atoms with E-state index in [0.717, 1.165) is 6.42 Å². The molecule has 1 saturated heterocycles. The highest BCUT2D eigenvalue weighted by molar-refractivity contribution is 6.30. The van der Waals surface area contributed by atoms with E-state index < -0.39 is 5.82 Å². The Morgan fingerprint density at radius 2 is 2.26 bits per heavy atom. The van der Waals surface area contributed by atoms with Gasteiger partial charge in [0.1, 0.15) is 11.3 Å². The molecule has 6 nitrogen and oxygen atoms in total. The summed E-state index contributed by atoms with van der Waals surface area (Å²) in [7, 11) is 0. The van der Waals surface area contributed by atoms with E-state index in [0.29, 0.717) is 30.9 Å². The second-order valence-electron chi connectivity index (χ2n) is 5.10. The fourth-order valence-corrected chi connectivity index (χ4v) is 2.85. The summed E-state index contributed by atoms with van der Waals surface area (Å²) in [6.07, 6.45) is 2.22. The Morgan fingerprint density at radius 3 is 3.04 bits per heavy atom. The van der Waals surface area contributed by atoms with Crippen LogP contribution in [0.2, 0.25) is 10.4 Å². The van der Waals surface area contributed by atoms with Crippen LogP contribution < -0.4 is 4.90 Å². The lowest BCUT2D eigenvalue weighted by atomic mass is 10.2. The van der Waals surface area contributed by atoms with Gasteiger partial charge in [-0.25, -0.2) is 14.4 Å². The van der Waals surface area contributed by atoms with Gasteiger partial charge in [0.05, 0.1) is 24.0 Å². The minimum Gasteiger partial charge on any atom is -0.375 e. The molecule has 0 amide bonds. The maximum absolute atomic E-state index is 14.2. The minimum absolute atomic E-state index is 0.0296. The summed E-state index contributed by atoms with van der Waals surface area (Å²) < 4.78 is 19.8. The summed E-state index contributed by atoms with van der Waals surface area (Å²) in [6.45, 7) is 1.66. The molecule has 0 spiro atoms. The molecule has 0 N–H and O–H groups in total. The molecule has 9 heteroatoms. The summed E-state index contributed by atoms with van der Waals surface area (Å²) >= 11 is 11.7. The van der Waals surface area contributed by atoms with Crippen LogP contribution in [0.25, 0.3) is 10.9 Å². The number of pyridine rings is 1. The van der Waals surface area contributed by atoms with Crippen molar-refractivity contribution in [3.63, 3.8) is 0 Å². The van der Waals surface area contributed by atoms with Crippen LogP contribution in [-0.4, -0.2) is 40.8 Å². The van der Waals surface area contributed by atoms with Crippen molar-refractivity contribution >= 4 is 39.9 Å². The van der Waals surface area contributed by atoms with E-state index in [1.807, 2.05) is 4.90 Å². The van der Waals surface area contributed by atoms with E-state index >= 15 is 0 Å². The van der Waals surface area contributed by atoms with Gasteiger partial charge >= 0.3 is 0 Å². The van der Waals surface area contributed by atoms with Crippen molar-refractivity contribution in [2.24, 2.45) is 0 Å². The molecule has 120 valence electrons. The summed E-state index contributed by atoms with van der Waals surface area (Å²) in [6, 6.07) is 2.10. The Morgan fingerprint density at radius 1 is 1.43 bits per heavy atom. The molecule has 3 heterocycles. The lowest BCUT2D eigenvalue weighted by Gasteiger charge is -2.25. The minimum atomic E-state index is -0.727. The molecule has 23 heavy (non-hydrogen) atoms. The molecule has 0 aromatic carbocycles. The number of halogens is 3. The number of anilines is 1. The zero-order valence-electron chi connectivity index (χ0n) is 12.0. The summed E-state index contributed by atoms with van der Waals surface area (Å²) in [4.78, 5) is 13.9. The Bertz CT molecular complexity index is 782. The second-order valence-corrected chi connectivity index (χ2v) is 5.79. The first-order valence-electron chi connectivity index (χ1n) is 7.01. The van der Waals surface area contributed by atoms with Crippen molar-refractivity contribution in [2.75, 3.05) is 24.6 Å². The van der Waals surface area contributed by atoms with Gasteiger partial charge in [-0.2, -0.15) is 10.2 Å². The zero-order valence-corrected chi connectivity index (χ0v) is 13.5. The van der Waals surface area contributed by atoms with E-state index in [2.05, 4.69) is 21.0 Å². The molecule has 1 atom stereocenters. The SMILES string of the molecule is N#CCC1CN(c2nc(Cl)nc3c(F)c(Cl)ncc23)CCCO1. The van der Waals surface area contributed by atoms with Crippen LogP contribution in [0.15, 0.2) is 6.20 Å². The molecule has 1 aliphatic rings. The van der Waals surface area contributed by atoms with Gasteiger partial charge in [-0.3, -0.25) is 0 Å². The number of fused-ring (bicyclic) bond motifs is 1. The smallest absolute Gasteiger partial charge is 0.225 e. The molecule has 1 fully saturated rings. The lowest BCUT2D eigenvalue weighted by molar-refractivity contribution is 0.0722. The van der Waals surface area contributed by atoms with Gasteiger partial charge in [0.15, 0.2) is 11.0 Å². The lowest BCUT2D eigenvalue weighted by Crippen LogP contribution is -2.32. The van der Waals surface area contributed by atoms with Crippen LogP contribution >= 0.6 is 23.2 Å². The Labute approximate surface area is 141 Å². The average molecular weight is 356 g/mol. The molecule has 2 aromatic rings. The van der Waals surface area contributed by atoms with Crippen LogP contribution in [-0.2, 0) is 4.74 Å². The van der Waals surface area contributed by atoms with Crippen molar-refractivity contribution in [1.82, 2.24) is 15.0 Å². The third-order valence-electron chi connectivity index (χ3n) is 3.56. The number of nitriles is 1. The standard InChI is InChI=1S/C14H12Cl2FN5O/c15-12-10(17)11-9(6-19-12)13(21-14(16)20-11)22-4-1-5-23-8(7-22)2-3-18/h6,8H,1-2,4-5,7H2. The molecule has 2 aromatic heterocycles.